The number of rotatable bonds is 4. The molecule has 0 radical (unpaired) electrons. The van der Waals surface area contributed by atoms with Gasteiger partial charge >= 0.3 is 0 Å². The average molecular weight is 288 g/mol. The number of anilines is 1. The van der Waals surface area contributed by atoms with Crippen molar-refractivity contribution in [2.24, 2.45) is 7.05 Å². The van der Waals surface area contributed by atoms with Crippen LogP contribution in [0.25, 0.3) is 10.9 Å². The predicted octanol–water partition coefficient (Wildman–Crippen LogP) is 2.67. The molecule has 2 heterocycles. The molecule has 0 atom stereocenters. The Labute approximate surface area is 121 Å². The van der Waals surface area contributed by atoms with E-state index in [2.05, 4.69) is 20.4 Å². The van der Waals surface area contributed by atoms with E-state index in [1.807, 2.05) is 37.6 Å². The Morgan fingerprint density at radius 1 is 1.30 bits per heavy atom. The van der Waals surface area contributed by atoms with Crippen molar-refractivity contribution in [1.82, 2.24) is 19.7 Å². The summed E-state index contributed by atoms with van der Waals surface area (Å²) < 4.78 is 1.80. The van der Waals surface area contributed by atoms with Crippen LogP contribution in [0.3, 0.4) is 0 Å². The third-order valence-corrected chi connectivity index (χ3v) is 3.30. The molecule has 3 rings (SSSR count). The van der Waals surface area contributed by atoms with Gasteiger partial charge in [0.15, 0.2) is 0 Å². The number of nitrogens with one attached hydrogen (secondary N) is 1. The average Bonchev–Trinajstić information content (AvgIpc) is 2.84. The van der Waals surface area contributed by atoms with Crippen molar-refractivity contribution in [2.45, 2.75) is 6.42 Å². The molecule has 0 aliphatic rings. The summed E-state index contributed by atoms with van der Waals surface area (Å²) in [5.41, 5.74) is 2.04. The van der Waals surface area contributed by atoms with Crippen LogP contribution in [0, 0.1) is 0 Å². The second-order valence-corrected chi connectivity index (χ2v) is 5.02. The van der Waals surface area contributed by atoms with Gasteiger partial charge in [0.25, 0.3) is 0 Å². The molecule has 0 aliphatic heterocycles. The van der Waals surface area contributed by atoms with Gasteiger partial charge in [-0.1, -0.05) is 11.6 Å². The number of benzene rings is 1. The number of nitrogens with zero attached hydrogens (tertiary/aromatic N) is 4. The SMILES string of the molecule is Cn1cc(CCNc2ncnc3cc(Cl)ccc23)cn1. The molecule has 0 saturated heterocycles. The molecule has 0 unspecified atom stereocenters. The summed E-state index contributed by atoms with van der Waals surface area (Å²) in [6.07, 6.45) is 6.33. The van der Waals surface area contributed by atoms with Gasteiger partial charge in [-0.05, 0) is 30.2 Å². The van der Waals surface area contributed by atoms with Gasteiger partial charge in [0.05, 0.1) is 11.7 Å². The first-order chi connectivity index (χ1) is 9.72. The maximum Gasteiger partial charge on any atom is 0.137 e. The van der Waals surface area contributed by atoms with Gasteiger partial charge in [-0.3, -0.25) is 4.68 Å². The van der Waals surface area contributed by atoms with Gasteiger partial charge in [0.1, 0.15) is 12.1 Å². The molecule has 6 heteroatoms. The lowest BCUT2D eigenvalue weighted by atomic mass is 10.2. The molecule has 0 aliphatic carbocycles. The molecular weight excluding hydrogens is 274 g/mol. The Morgan fingerprint density at radius 3 is 3.00 bits per heavy atom. The van der Waals surface area contributed by atoms with Crippen LogP contribution in [0.5, 0.6) is 0 Å². The Balaban J connectivity index is 1.74. The minimum Gasteiger partial charge on any atom is -0.369 e. The number of fused-ring (bicyclic) bond motifs is 1. The van der Waals surface area contributed by atoms with E-state index >= 15 is 0 Å². The zero-order chi connectivity index (χ0) is 13.9. The van der Waals surface area contributed by atoms with E-state index in [0.717, 1.165) is 29.7 Å². The van der Waals surface area contributed by atoms with Crippen LogP contribution >= 0.6 is 11.6 Å². The van der Waals surface area contributed by atoms with E-state index in [1.54, 1.807) is 11.0 Å². The van der Waals surface area contributed by atoms with Crippen molar-refractivity contribution in [3.8, 4) is 0 Å². The first-order valence-corrected chi connectivity index (χ1v) is 6.72. The quantitative estimate of drug-likeness (QED) is 0.801. The molecule has 20 heavy (non-hydrogen) atoms. The Kier molecular flexibility index (Phi) is 3.52. The highest BCUT2D eigenvalue weighted by molar-refractivity contribution is 6.31. The van der Waals surface area contributed by atoms with Crippen molar-refractivity contribution in [1.29, 1.82) is 0 Å². The van der Waals surface area contributed by atoms with Gasteiger partial charge in [0, 0.05) is 30.2 Å². The van der Waals surface area contributed by atoms with Gasteiger partial charge in [-0.15, -0.1) is 0 Å². The summed E-state index contributed by atoms with van der Waals surface area (Å²) in [6, 6.07) is 5.62. The van der Waals surface area contributed by atoms with Gasteiger partial charge in [0.2, 0.25) is 0 Å². The highest BCUT2D eigenvalue weighted by Gasteiger charge is 2.04. The zero-order valence-corrected chi connectivity index (χ0v) is 11.8. The van der Waals surface area contributed by atoms with Crippen LogP contribution in [0.1, 0.15) is 5.56 Å². The summed E-state index contributed by atoms with van der Waals surface area (Å²) >= 11 is 5.97. The molecular formula is C14H14ClN5. The summed E-state index contributed by atoms with van der Waals surface area (Å²) in [6.45, 7) is 0.792. The first kappa shape index (κ1) is 12.9. The molecule has 0 saturated carbocycles. The van der Waals surface area contributed by atoms with Crippen LogP contribution in [-0.4, -0.2) is 26.3 Å². The topological polar surface area (TPSA) is 55.6 Å². The fourth-order valence-electron chi connectivity index (χ4n) is 2.10. The Hall–Kier alpha value is -2.14. The van der Waals surface area contributed by atoms with Crippen molar-refractivity contribution < 1.29 is 0 Å². The fourth-order valence-corrected chi connectivity index (χ4v) is 2.26. The lowest BCUT2D eigenvalue weighted by molar-refractivity contribution is 0.767. The minimum atomic E-state index is 0.678. The van der Waals surface area contributed by atoms with Crippen molar-refractivity contribution >= 4 is 28.3 Å². The van der Waals surface area contributed by atoms with Gasteiger partial charge in [-0.2, -0.15) is 5.10 Å². The predicted molar refractivity (Wildman–Crippen MR) is 79.9 cm³/mol. The molecule has 0 fully saturated rings. The van der Waals surface area contributed by atoms with Crippen LogP contribution in [-0.2, 0) is 13.5 Å². The molecule has 0 amide bonds. The van der Waals surface area contributed by atoms with Crippen molar-refractivity contribution in [3.63, 3.8) is 0 Å². The zero-order valence-electron chi connectivity index (χ0n) is 11.0. The highest BCUT2D eigenvalue weighted by atomic mass is 35.5. The van der Waals surface area contributed by atoms with Crippen LogP contribution in [0.15, 0.2) is 36.9 Å². The van der Waals surface area contributed by atoms with Gasteiger partial charge < -0.3 is 5.32 Å². The van der Waals surface area contributed by atoms with E-state index < -0.39 is 0 Å². The van der Waals surface area contributed by atoms with Gasteiger partial charge in [-0.25, -0.2) is 9.97 Å². The van der Waals surface area contributed by atoms with Crippen molar-refractivity contribution in [3.05, 3.63) is 47.5 Å². The van der Waals surface area contributed by atoms with E-state index in [0.29, 0.717) is 5.02 Å². The van der Waals surface area contributed by atoms with E-state index in [4.69, 9.17) is 11.6 Å². The van der Waals surface area contributed by atoms with E-state index in [-0.39, 0.29) is 0 Å². The molecule has 2 aromatic heterocycles. The number of hydrogen-bond acceptors (Lipinski definition) is 4. The molecule has 0 spiro atoms. The van der Waals surface area contributed by atoms with Crippen LogP contribution in [0.2, 0.25) is 5.02 Å². The Morgan fingerprint density at radius 2 is 2.20 bits per heavy atom. The van der Waals surface area contributed by atoms with Crippen molar-refractivity contribution in [2.75, 3.05) is 11.9 Å². The summed E-state index contributed by atoms with van der Waals surface area (Å²) in [7, 11) is 1.92. The monoisotopic (exact) mass is 287 g/mol. The molecule has 0 bridgehead atoms. The maximum atomic E-state index is 5.97. The third-order valence-electron chi connectivity index (χ3n) is 3.06. The second kappa shape index (κ2) is 5.46. The largest absolute Gasteiger partial charge is 0.369 e. The van der Waals surface area contributed by atoms with E-state index in [1.165, 1.54) is 5.56 Å². The molecule has 1 N–H and O–H groups in total. The normalized spacial score (nSPS) is 10.9. The number of aryl methyl sites for hydroxylation is 1. The summed E-state index contributed by atoms with van der Waals surface area (Å²) in [4.78, 5) is 8.51. The molecule has 3 aromatic rings. The molecule has 102 valence electrons. The minimum absolute atomic E-state index is 0.678. The second-order valence-electron chi connectivity index (χ2n) is 4.58. The number of hydrogen-bond donors (Lipinski definition) is 1. The molecule has 1 aromatic carbocycles. The third kappa shape index (κ3) is 2.72. The smallest absolute Gasteiger partial charge is 0.137 e. The maximum absolute atomic E-state index is 5.97. The standard InChI is InChI=1S/C14H14ClN5/c1-20-8-10(7-19-20)4-5-16-14-12-3-2-11(15)6-13(12)17-9-18-14/h2-3,6-9H,4-5H2,1H3,(H,16,17,18). The molecule has 5 nitrogen and oxygen atoms in total. The van der Waals surface area contributed by atoms with E-state index in [9.17, 15) is 0 Å². The van der Waals surface area contributed by atoms with Crippen LogP contribution in [0.4, 0.5) is 5.82 Å². The highest BCUT2D eigenvalue weighted by Crippen LogP contribution is 2.22. The Bertz CT molecular complexity index is 737. The lowest BCUT2D eigenvalue weighted by Gasteiger charge is -2.07. The van der Waals surface area contributed by atoms with Crippen LogP contribution < -0.4 is 5.32 Å². The lowest BCUT2D eigenvalue weighted by Crippen LogP contribution is -2.06. The first-order valence-electron chi connectivity index (χ1n) is 6.34. The number of halogens is 1. The number of aromatic nitrogens is 4. The summed E-state index contributed by atoms with van der Waals surface area (Å²) in [5.74, 6) is 0.829. The fraction of sp³-hybridized carbons (Fsp3) is 0.214. The summed E-state index contributed by atoms with van der Waals surface area (Å²) in [5, 5.41) is 9.14.